The van der Waals surface area contributed by atoms with Gasteiger partial charge in [0.05, 0.1) is 0 Å². The smallest absolute Gasteiger partial charge is 0.160 e. The molecule has 0 aromatic heterocycles. The summed E-state index contributed by atoms with van der Waals surface area (Å²) in [7, 11) is 1.59. The molecule has 0 aromatic rings. The van der Waals surface area contributed by atoms with Crippen LogP contribution in [0.4, 0.5) is 0 Å². The van der Waals surface area contributed by atoms with Gasteiger partial charge in [-0.2, -0.15) is 0 Å². The fourth-order valence-electron chi connectivity index (χ4n) is 1.21. The first-order valence-corrected chi connectivity index (χ1v) is 5.86. The first kappa shape index (κ1) is 18.9. The van der Waals surface area contributed by atoms with E-state index in [1.54, 1.807) is 7.11 Å². The summed E-state index contributed by atoms with van der Waals surface area (Å²) >= 11 is 0. The first-order valence-electron chi connectivity index (χ1n) is 5.86. The minimum atomic E-state index is -1.50. The Morgan fingerprint density at radius 3 is 1.94 bits per heavy atom. The maximum Gasteiger partial charge on any atom is 0.160 e. The summed E-state index contributed by atoms with van der Waals surface area (Å²) in [6, 6.07) is 0. The number of hydrogen-bond donors (Lipinski definition) is 2. The van der Waals surface area contributed by atoms with Gasteiger partial charge in [0.15, 0.2) is 12.1 Å². The van der Waals surface area contributed by atoms with Crippen molar-refractivity contribution in [2.75, 3.05) is 7.11 Å². The molecule has 0 radical (unpaired) electrons. The van der Waals surface area contributed by atoms with Crippen molar-refractivity contribution in [1.82, 2.24) is 0 Å². The molecule has 0 spiro atoms. The van der Waals surface area contributed by atoms with Crippen molar-refractivity contribution >= 4 is 6.29 Å². The average molecular weight is 250 g/mol. The number of carbonyl (C=O) groups excluding carboxylic acids is 1. The molecule has 2 N–H and O–H groups in total. The Balaban J connectivity index is 0. The van der Waals surface area contributed by atoms with Gasteiger partial charge in [0, 0.05) is 13.0 Å². The summed E-state index contributed by atoms with van der Waals surface area (Å²) in [5.41, 5.74) is 0. The van der Waals surface area contributed by atoms with E-state index in [4.69, 9.17) is 19.7 Å². The van der Waals surface area contributed by atoms with E-state index in [0.29, 0.717) is 5.92 Å². The van der Waals surface area contributed by atoms with Crippen LogP contribution in [0.15, 0.2) is 0 Å². The van der Waals surface area contributed by atoms with Gasteiger partial charge in [-0.25, -0.2) is 0 Å². The molecule has 1 aliphatic rings. The third-order valence-corrected chi connectivity index (χ3v) is 1.76. The zero-order valence-corrected chi connectivity index (χ0v) is 11.6. The van der Waals surface area contributed by atoms with Gasteiger partial charge in [-0.05, 0) is 20.3 Å². The molecular weight excluding hydrogens is 224 g/mol. The van der Waals surface area contributed by atoms with Crippen molar-refractivity contribution in [1.29, 1.82) is 0 Å². The minimum Gasteiger partial charge on any atom is -0.366 e. The Hall–Kier alpha value is -0.490. The Morgan fingerprint density at radius 2 is 1.76 bits per heavy atom. The second-order valence-electron chi connectivity index (χ2n) is 4.12. The zero-order chi connectivity index (χ0) is 14.1. The third kappa shape index (κ3) is 11.8. The van der Waals surface area contributed by atoms with E-state index in [2.05, 4.69) is 0 Å². The van der Waals surface area contributed by atoms with Crippen LogP contribution in [0, 0.1) is 5.92 Å². The van der Waals surface area contributed by atoms with Gasteiger partial charge in [-0.1, -0.05) is 20.8 Å². The van der Waals surface area contributed by atoms with E-state index in [-0.39, 0.29) is 12.4 Å². The maximum absolute atomic E-state index is 10.2. The number of hydrogen-bond acceptors (Lipinski definition) is 5. The van der Waals surface area contributed by atoms with Gasteiger partial charge in [-0.15, -0.1) is 0 Å². The molecule has 1 fully saturated rings. The van der Waals surface area contributed by atoms with Crippen molar-refractivity contribution in [2.24, 2.45) is 5.92 Å². The van der Waals surface area contributed by atoms with Gasteiger partial charge in [0.25, 0.3) is 0 Å². The Morgan fingerprint density at radius 1 is 1.35 bits per heavy atom. The highest BCUT2D eigenvalue weighted by atomic mass is 16.7. The molecule has 0 bridgehead atoms. The van der Waals surface area contributed by atoms with Crippen LogP contribution in [-0.2, 0) is 14.3 Å². The van der Waals surface area contributed by atoms with Crippen LogP contribution in [-0.4, -0.2) is 41.8 Å². The lowest BCUT2D eigenvalue weighted by Gasteiger charge is -2.10. The standard InChI is InChI=1S/C7H12O3.C3H8O2.C2H6/c1-5-3-6(4-8)10-7(5)9-2;1-3(2,4)5;1-2/h4-7H,3H2,1-2H3;4-5H,1-2H3;1-2H3. The molecule has 5 heteroatoms. The number of rotatable bonds is 2. The lowest BCUT2D eigenvalue weighted by Crippen LogP contribution is -2.16. The molecule has 0 aromatic carbocycles. The van der Waals surface area contributed by atoms with Gasteiger partial charge in [0.2, 0.25) is 0 Å². The normalized spacial score (nSPS) is 27.4. The largest absolute Gasteiger partial charge is 0.366 e. The van der Waals surface area contributed by atoms with Crippen molar-refractivity contribution in [3.8, 4) is 0 Å². The summed E-state index contributed by atoms with van der Waals surface area (Å²) in [5, 5.41) is 16.2. The number of carbonyl (C=O) groups is 1. The molecule has 1 aliphatic heterocycles. The molecule has 104 valence electrons. The molecule has 17 heavy (non-hydrogen) atoms. The first-order chi connectivity index (χ1) is 7.77. The van der Waals surface area contributed by atoms with Crippen LogP contribution < -0.4 is 0 Å². The number of aldehydes is 1. The fourth-order valence-corrected chi connectivity index (χ4v) is 1.21. The lowest BCUT2D eigenvalue weighted by molar-refractivity contribution is -0.142. The van der Waals surface area contributed by atoms with Crippen molar-refractivity contribution in [2.45, 2.75) is 59.2 Å². The van der Waals surface area contributed by atoms with Crippen molar-refractivity contribution in [3.05, 3.63) is 0 Å². The highest BCUT2D eigenvalue weighted by Crippen LogP contribution is 2.24. The van der Waals surface area contributed by atoms with Crippen molar-refractivity contribution < 1.29 is 24.5 Å². The molecule has 0 aliphatic carbocycles. The van der Waals surface area contributed by atoms with E-state index in [9.17, 15) is 4.79 Å². The van der Waals surface area contributed by atoms with Gasteiger partial charge in [-0.3, -0.25) is 0 Å². The minimum absolute atomic E-state index is 0.185. The summed E-state index contributed by atoms with van der Waals surface area (Å²) in [6.45, 7) is 8.61. The zero-order valence-electron chi connectivity index (χ0n) is 11.6. The highest BCUT2D eigenvalue weighted by Gasteiger charge is 2.31. The Labute approximate surface area is 104 Å². The van der Waals surface area contributed by atoms with Crippen molar-refractivity contribution in [3.63, 3.8) is 0 Å². The third-order valence-electron chi connectivity index (χ3n) is 1.76. The average Bonchev–Trinajstić information content (AvgIpc) is 2.59. The van der Waals surface area contributed by atoms with E-state index in [1.165, 1.54) is 13.8 Å². The predicted octanol–water partition coefficient (Wildman–Crippen LogP) is 1.32. The van der Waals surface area contributed by atoms with Crippen LogP contribution in [0.25, 0.3) is 0 Å². The second-order valence-corrected chi connectivity index (χ2v) is 4.12. The lowest BCUT2D eigenvalue weighted by atomic mass is 10.1. The quantitative estimate of drug-likeness (QED) is 0.571. The van der Waals surface area contributed by atoms with Crippen LogP contribution >= 0.6 is 0 Å². The molecular formula is C12H26O5. The molecule has 5 nitrogen and oxygen atoms in total. The molecule has 3 unspecified atom stereocenters. The monoisotopic (exact) mass is 250 g/mol. The second kappa shape index (κ2) is 9.53. The van der Waals surface area contributed by atoms with Gasteiger partial charge >= 0.3 is 0 Å². The maximum atomic E-state index is 10.2. The van der Waals surface area contributed by atoms with Crippen LogP contribution in [0.2, 0.25) is 0 Å². The van der Waals surface area contributed by atoms with Gasteiger partial charge < -0.3 is 24.5 Å². The number of aliphatic hydroxyl groups is 2. The summed E-state index contributed by atoms with van der Waals surface area (Å²) < 4.78 is 10.2. The van der Waals surface area contributed by atoms with E-state index >= 15 is 0 Å². The van der Waals surface area contributed by atoms with Crippen LogP contribution in [0.1, 0.15) is 41.0 Å². The highest BCUT2D eigenvalue weighted by molar-refractivity contribution is 5.56. The number of methoxy groups -OCH3 is 1. The van der Waals surface area contributed by atoms with Crippen LogP contribution in [0.3, 0.4) is 0 Å². The molecule has 3 atom stereocenters. The summed E-state index contributed by atoms with van der Waals surface area (Å²) in [5.74, 6) is -1.17. The Bertz CT molecular complexity index is 182. The van der Waals surface area contributed by atoms with E-state index in [1.807, 2.05) is 20.8 Å². The fraction of sp³-hybridized carbons (Fsp3) is 0.917. The SMILES string of the molecule is CC.CC(C)(O)O.COC1OC(C=O)CC1C. The van der Waals surface area contributed by atoms with Gasteiger partial charge in [0.1, 0.15) is 12.4 Å². The molecule has 0 saturated carbocycles. The summed E-state index contributed by atoms with van der Waals surface area (Å²) in [4.78, 5) is 10.2. The Kier molecular flexibility index (Phi) is 10.6. The van der Waals surface area contributed by atoms with E-state index in [0.717, 1.165) is 12.7 Å². The molecule has 0 amide bonds. The predicted molar refractivity (Wildman–Crippen MR) is 65.4 cm³/mol. The molecule has 1 rings (SSSR count). The topological polar surface area (TPSA) is 76.0 Å². The molecule has 1 saturated heterocycles. The molecule has 1 heterocycles. The number of ether oxygens (including phenoxy) is 2. The van der Waals surface area contributed by atoms with Crippen LogP contribution in [0.5, 0.6) is 0 Å². The van der Waals surface area contributed by atoms with E-state index < -0.39 is 5.79 Å². The summed E-state index contributed by atoms with van der Waals surface area (Å²) in [6.07, 6.45) is 1.17.